The van der Waals surface area contributed by atoms with E-state index in [0.29, 0.717) is 0 Å². The molecule has 0 aliphatic carbocycles. The van der Waals surface area contributed by atoms with Crippen LogP contribution in [0.5, 0.6) is 0 Å². The standard InChI is InChI=1S/C16H17N3/c1-11-15(12(2)19-18-11)10-17-16-9-5-7-13-6-3-4-8-14(13)16/h3-9,17H,10H2,1-2H3,(H,18,19). The number of aryl methyl sites for hydroxylation is 2. The van der Waals surface area contributed by atoms with Gasteiger partial charge in [0.2, 0.25) is 0 Å². The number of hydrogen-bond donors (Lipinski definition) is 2. The first-order chi connectivity index (χ1) is 9.25. The van der Waals surface area contributed by atoms with Gasteiger partial charge in [-0.1, -0.05) is 36.4 Å². The summed E-state index contributed by atoms with van der Waals surface area (Å²) in [6, 6.07) is 14.8. The van der Waals surface area contributed by atoms with Crippen molar-refractivity contribution < 1.29 is 0 Å². The zero-order valence-electron chi connectivity index (χ0n) is 11.2. The van der Waals surface area contributed by atoms with Gasteiger partial charge in [0.15, 0.2) is 0 Å². The Hall–Kier alpha value is -2.29. The summed E-state index contributed by atoms with van der Waals surface area (Å²) in [5, 5.41) is 13.3. The normalized spacial score (nSPS) is 10.8. The van der Waals surface area contributed by atoms with Gasteiger partial charge in [-0.2, -0.15) is 5.10 Å². The Morgan fingerprint density at radius 3 is 2.63 bits per heavy atom. The van der Waals surface area contributed by atoms with Crippen LogP contribution < -0.4 is 5.32 Å². The fourth-order valence-corrected chi connectivity index (χ4v) is 2.40. The number of anilines is 1. The molecule has 96 valence electrons. The highest BCUT2D eigenvalue weighted by molar-refractivity contribution is 5.93. The number of nitrogens with zero attached hydrogens (tertiary/aromatic N) is 1. The molecule has 1 heterocycles. The minimum Gasteiger partial charge on any atom is -0.380 e. The molecule has 0 atom stereocenters. The Balaban J connectivity index is 1.90. The Labute approximate surface area is 112 Å². The Morgan fingerprint density at radius 1 is 1.05 bits per heavy atom. The molecule has 19 heavy (non-hydrogen) atoms. The molecule has 3 nitrogen and oxygen atoms in total. The topological polar surface area (TPSA) is 40.7 Å². The van der Waals surface area contributed by atoms with Gasteiger partial charge in [-0.3, -0.25) is 5.10 Å². The van der Waals surface area contributed by atoms with Crippen LogP contribution in [0.4, 0.5) is 5.69 Å². The summed E-state index contributed by atoms with van der Waals surface area (Å²) >= 11 is 0. The third-order valence-corrected chi connectivity index (χ3v) is 3.53. The number of fused-ring (bicyclic) bond motifs is 1. The number of nitrogens with one attached hydrogen (secondary N) is 2. The van der Waals surface area contributed by atoms with Crippen LogP contribution in [-0.4, -0.2) is 10.2 Å². The molecule has 0 amide bonds. The van der Waals surface area contributed by atoms with Crippen molar-refractivity contribution in [3.8, 4) is 0 Å². The molecule has 2 aromatic carbocycles. The Bertz CT molecular complexity index is 688. The fraction of sp³-hybridized carbons (Fsp3) is 0.188. The van der Waals surface area contributed by atoms with E-state index in [0.717, 1.165) is 23.6 Å². The van der Waals surface area contributed by atoms with Gasteiger partial charge >= 0.3 is 0 Å². The van der Waals surface area contributed by atoms with Gasteiger partial charge in [0.05, 0.1) is 5.69 Å². The largest absolute Gasteiger partial charge is 0.380 e. The Kier molecular flexibility index (Phi) is 2.95. The average Bonchev–Trinajstić information content (AvgIpc) is 2.76. The smallest absolute Gasteiger partial charge is 0.0643 e. The van der Waals surface area contributed by atoms with E-state index >= 15 is 0 Å². The third kappa shape index (κ3) is 2.19. The second-order valence-corrected chi connectivity index (χ2v) is 4.79. The van der Waals surface area contributed by atoms with Gasteiger partial charge in [-0.15, -0.1) is 0 Å². The maximum absolute atomic E-state index is 4.23. The molecular formula is C16H17N3. The van der Waals surface area contributed by atoms with Gasteiger partial charge in [0.1, 0.15) is 0 Å². The molecule has 0 spiro atoms. The summed E-state index contributed by atoms with van der Waals surface area (Å²) < 4.78 is 0. The van der Waals surface area contributed by atoms with E-state index in [-0.39, 0.29) is 0 Å². The van der Waals surface area contributed by atoms with E-state index in [9.17, 15) is 0 Å². The summed E-state index contributed by atoms with van der Waals surface area (Å²) in [4.78, 5) is 0. The number of H-pyrrole nitrogens is 1. The molecule has 3 heteroatoms. The van der Waals surface area contributed by atoms with Crippen molar-refractivity contribution in [1.82, 2.24) is 10.2 Å². The number of benzene rings is 2. The zero-order valence-corrected chi connectivity index (χ0v) is 11.2. The summed E-state index contributed by atoms with van der Waals surface area (Å²) in [6.45, 7) is 4.88. The van der Waals surface area contributed by atoms with Crippen molar-refractivity contribution in [3.63, 3.8) is 0 Å². The van der Waals surface area contributed by atoms with Gasteiger partial charge in [0.25, 0.3) is 0 Å². The van der Waals surface area contributed by atoms with Crippen molar-refractivity contribution in [2.24, 2.45) is 0 Å². The maximum atomic E-state index is 4.23. The van der Waals surface area contributed by atoms with Crippen molar-refractivity contribution >= 4 is 16.5 Å². The van der Waals surface area contributed by atoms with Crippen LogP contribution in [-0.2, 0) is 6.54 Å². The van der Waals surface area contributed by atoms with E-state index in [2.05, 4.69) is 64.9 Å². The highest BCUT2D eigenvalue weighted by Gasteiger charge is 2.06. The predicted molar refractivity (Wildman–Crippen MR) is 79.3 cm³/mol. The lowest BCUT2D eigenvalue weighted by atomic mass is 10.1. The van der Waals surface area contributed by atoms with Crippen molar-refractivity contribution in [3.05, 3.63) is 59.4 Å². The molecule has 0 aliphatic rings. The first-order valence-corrected chi connectivity index (χ1v) is 6.48. The highest BCUT2D eigenvalue weighted by atomic mass is 15.1. The minimum absolute atomic E-state index is 0.794. The van der Waals surface area contributed by atoms with E-state index in [1.165, 1.54) is 16.3 Å². The number of hydrogen-bond acceptors (Lipinski definition) is 2. The van der Waals surface area contributed by atoms with Crippen molar-refractivity contribution in [2.45, 2.75) is 20.4 Å². The van der Waals surface area contributed by atoms with Gasteiger partial charge in [0, 0.05) is 28.9 Å². The average molecular weight is 251 g/mol. The predicted octanol–water partition coefficient (Wildman–Crippen LogP) is 3.79. The molecular weight excluding hydrogens is 234 g/mol. The summed E-state index contributed by atoms with van der Waals surface area (Å²) in [7, 11) is 0. The van der Waals surface area contributed by atoms with Crippen molar-refractivity contribution in [2.75, 3.05) is 5.32 Å². The van der Waals surface area contributed by atoms with Crippen LogP contribution >= 0.6 is 0 Å². The van der Waals surface area contributed by atoms with Crippen LogP contribution in [0.15, 0.2) is 42.5 Å². The minimum atomic E-state index is 0.794. The second-order valence-electron chi connectivity index (χ2n) is 4.79. The third-order valence-electron chi connectivity index (χ3n) is 3.53. The van der Waals surface area contributed by atoms with Crippen LogP contribution in [0, 0.1) is 13.8 Å². The molecule has 0 radical (unpaired) electrons. The van der Waals surface area contributed by atoms with Crippen LogP contribution in [0.1, 0.15) is 17.0 Å². The van der Waals surface area contributed by atoms with E-state index in [1.54, 1.807) is 0 Å². The molecule has 3 aromatic rings. The zero-order chi connectivity index (χ0) is 13.2. The molecule has 0 fully saturated rings. The quantitative estimate of drug-likeness (QED) is 0.743. The van der Waals surface area contributed by atoms with Crippen LogP contribution in [0.25, 0.3) is 10.8 Å². The van der Waals surface area contributed by atoms with E-state index in [4.69, 9.17) is 0 Å². The molecule has 2 N–H and O–H groups in total. The maximum Gasteiger partial charge on any atom is 0.0643 e. The summed E-state index contributed by atoms with van der Waals surface area (Å²) in [6.07, 6.45) is 0. The highest BCUT2D eigenvalue weighted by Crippen LogP contribution is 2.24. The molecule has 1 aromatic heterocycles. The van der Waals surface area contributed by atoms with Crippen LogP contribution in [0.3, 0.4) is 0 Å². The Morgan fingerprint density at radius 2 is 1.84 bits per heavy atom. The number of rotatable bonds is 3. The van der Waals surface area contributed by atoms with E-state index in [1.807, 2.05) is 6.92 Å². The van der Waals surface area contributed by atoms with E-state index < -0.39 is 0 Å². The fourth-order valence-electron chi connectivity index (χ4n) is 2.40. The van der Waals surface area contributed by atoms with Crippen LogP contribution in [0.2, 0.25) is 0 Å². The SMILES string of the molecule is Cc1n[nH]c(C)c1CNc1cccc2ccccc12. The van der Waals surface area contributed by atoms with Gasteiger partial charge in [-0.25, -0.2) is 0 Å². The number of aromatic amines is 1. The molecule has 3 rings (SSSR count). The second kappa shape index (κ2) is 4.76. The first kappa shape index (κ1) is 11.8. The molecule has 0 saturated carbocycles. The van der Waals surface area contributed by atoms with Gasteiger partial charge in [-0.05, 0) is 25.3 Å². The molecule has 0 aliphatic heterocycles. The monoisotopic (exact) mass is 251 g/mol. The molecule has 0 saturated heterocycles. The van der Waals surface area contributed by atoms with Gasteiger partial charge < -0.3 is 5.32 Å². The number of aromatic nitrogens is 2. The molecule has 0 unspecified atom stereocenters. The summed E-state index contributed by atoms with van der Waals surface area (Å²) in [5.74, 6) is 0. The lowest BCUT2D eigenvalue weighted by molar-refractivity contribution is 1.02. The van der Waals surface area contributed by atoms with Crippen molar-refractivity contribution in [1.29, 1.82) is 0 Å². The summed E-state index contributed by atoms with van der Waals surface area (Å²) in [5.41, 5.74) is 4.60. The lowest BCUT2D eigenvalue weighted by Gasteiger charge is -2.10. The molecule has 0 bridgehead atoms. The first-order valence-electron chi connectivity index (χ1n) is 6.48. The lowest BCUT2D eigenvalue weighted by Crippen LogP contribution is -2.01.